The summed E-state index contributed by atoms with van der Waals surface area (Å²) >= 11 is 0. The molecule has 1 aromatic rings. The number of rotatable bonds is 5. The van der Waals surface area contributed by atoms with Gasteiger partial charge in [-0.05, 0) is 58.0 Å². The Labute approximate surface area is 104 Å². The van der Waals surface area contributed by atoms with Crippen molar-refractivity contribution in [1.82, 2.24) is 4.90 Å². The number of nitrogens with two attached hydrogens (primary N) is 1. The van der Waals surface area contributed by atoms with E-state index in [1.54, 1.807) is 6.92 Å². The summed E-state index contributed by atoms with van der Waals surface area (Å²) in [5.74, 6) is -0.141. The molecule has 0 atom stereocenters. The zero-order chi connectivity index (χ0) is 13.1. The lowest BCUT2D eigenvalue weighted by atomic mass is 9.98. The smallest absolute Gasteiger partial charge is 0.126 e. The normalized spacial score (nSPS) is 12.2. The van der Waals surface area contributed by atoms with Gasteiger partial charge in [0.1, 0.15) is 5.82 Å². The van der Waals surface area contributed by atoms with Crippen LogP contribution in [0.15, 0.2) is 18.2 Å². The fourth-order valence-corrected chi connectivity index (χ4v) is 1.84. The van der Waals surface area contributed by atoms with Gasteiger partial charge in [-0.3, -0.25) is 4.90 Å². The van der Waals surface area contributed by atoms with Gasteiger partial charge in [0.25, 0.3) is 0 Å². The molecule has 17 heavy (non-hydrogen) atoms. The molecule has 3 heteroatoms. The molecule has 0 bridgehead atoms. The van der Waals surface area contributed by atoms with Crippen molar-refractivity contribution in [3.8, 4) is 0 Å². The van der Waals surface area contributed by atoms with Gasteiger partial charge in [0.15, 0.2) is 0 Å². The molecule has 96 valence electrons. The van der Waals surface area contributed by atoms with Crippen molar-refractivity contribution in [2.24, 2.45) is 5.73 Å². The van der Waals surface area contributed by atoms with Gasteiger partial charge in [-0.1, -0.05) is 12.1 Å². The van der Waals surface area contributed by atoms with E-state index < -0.39 is 0 Å². The number of aryl methyl sites for hydroxylation is 1. The van der Waals surface area contributed by atoms with Gasteiger partial charge in [-0.15, -0.1) is 0 Å². The summed E-state index contributed by atoms with van der Waals surface area (Å²) in [4.78, 5) is 2.26. The lowest BCUT2D eigenvalue weighted by molar-refractivity contribution is 0.140. The lowest BCUT2D eigenvalue weighted by Gasteiger charge is -2.35. The van der Waals surface area contributed by atoms with E-state index in [2.05, 4.69) is 25.8 Å². The zero-order valence-corrected chi connectivity index (χ0v) is 11.3. The fraction of sp³-hybridized carbons (Fsp3) is 0.571. The van der Waals surface area contributed by atoms with E-state index >= 15 is 0 Å². The first-order valence-corrected chi connectivity index (χ1v) is 6.03. The molecule has 0 aliphatic rings. The predicted octanol–water partition coefficient (Wildman–Crippen LogP) is 2.69. The molecule has 0 aliphatic carbocycles. The van der Waals surface area contributed by atoms with Crippen LogP contribution in [0.1, 0.15) is 31.4 Å². The van der Waals surface area contributed by atoms with Gasteiger partial charge >= 0.3 is 0 Å². The minimum Gasteiger partial charge on any atom is -0.330 e. The van der Waals surface area contributed by atoms with Crippen LogP contribution in [0, 0.1) is 12.7 Å². The molecule has 0 aromatic heterocycles. The van der Waals surface area contributed by atoms with Crippen molar-refractivity contribution < 1.29 is 4.39 Å². The Bertz CT molecular complexity index is 374. The number of halogens is 1. The summed E-state index contributed by atoms with van der Waals surface area (Å²) < 4.78 is 13.2. The highest BCUT2D eigenvalue weighted by molar-refractivity contribution is 5.23. The lowest BCUT2D eigenvalue weighted by Crippen LogP contribution is -2.42. The third kappa shape index (κ3) is 3.79. The van der Waals surface area contributed by atoms with E-state index in [0.29, 0.717) is 12.1 Å². The molecule has 1 rings (SSSR count). The van der Waals surface area contributed by atoms with E-state index in [1.165, 1.54) is 6.07 Å². The van der Waals surface area contributed by atoms with Gasteiger partial charge in [-0.25, -0.2) is 4.39 Å². The van der Waals surface area contributed by atoms with Gasteiger partial charge in [0.05, 0.1) is 0 Å². The van der Waals surface area contributed by atoms with Crippen molar-refractivity contribution in [3.63, 3.8) is 0 Å². The van der Waals surface area contributed by atoms with Gasteiger partial charge in [-0.2, -0.15) is 0 Å². The van der Waals surface area contributed by atoms with Crippen LogP contribution in [0.5, 0.6) is 0 Å². The third-order valence-electron chi connectivity index (χ3n) is 3.43. The Kier molecular flexibility index (Phi) is 4.66. The van der Waals surface area contributed by atoms with Crippen molar-refractivity contribution >= 4 is 0 Å². The van der Waals surface area contributed by atoms with Crippen LogP contribution >= 0.6 is 0 Å². The molecule has 2 N–H and O–H groups in total. The molecule has 1 aromatic carbocycles. The SMILES string of the molecule is Cc1cc(CN(C)C(C)(C)CCN)ccc1F. The fourth-order valence-electron chi connectivity index (χ4n) is 1.84. The Morgan fingerprint density at radius 2 is 2.00 bits per heavy atom. The van der Waals surface area contributed by atoms with Crippen LogP contribution in [-0.4, -0.2) is 24.0 Å². The highest BCUT2D eigenvalue weighted by Crippen LogP contribution is 2.20. The largest absolute Gasteiger partial charge is 0.330 e. The molecule has 0 aliphatic heterocycles. The van der Waals surface area contributed by atoms with Crippen LogP contribution in [0.3, 0.4) is 0 Å². The van der Waals surface area contributed by atoms with E-state index in [-0.39, 0.29) is 11.4 Å². The van der Waals surface area contributed by atoms with E-state index in [4.69, 9.17) is 5.73 Å². The van der Waals surface area contributed by atoms with Gasteiger partial charge < -0.3 is 5.73 Å². The molecule has 0 unspecified atom stereocenters. The summed E-state index contributed by atoms with van der Waals surface area (Å²) in [6.45, 7) is 7.64. The van der Waals surface area contributed by atoms with E-state index in [1.807, 2.05) is 12.1 Å². The van der Waals surface area contributed by atoms with Crippen molar-refractivity contribution in [1.29, 1.82) is 0 Å². The average Bonchev–Trinajstić information content (AvgIpc) is 2.23. The van der Waals surface area contributed by atoms with Crippen LogP contribution in [0.4, 0.5) is 4.39 Å². The number of nitrogens with zero attached hydrogens (tertiary/aromatic N) is 1. The van der Waals surface area contributed by atoms with Crippen LogP contribution < -0.4 is 5.73 Å². The second-order valence-electron chi connectivity index (χ2n) is 5.29. The Hall–Kier alpha value is -0.930. The molecule has 0 saturated heterocycles. The third-order valence-corrected chi connectivity index (χ3v) is 3.43. The van der Waals surface area contributed by atoms with Crippen LogP contribution in [0.25, 0.3) is 0 Å². The van der Waals surface area contributed by atoms with Crippen molar-refractivity contribution in [3.05, 3.63) is 35.1 Å². The summed E-state index contributed by atoms with van der Waals surface area (Å²) in [5, 5.41) is 0. The Balaban J connectivity index is 2.73. The predicted molar refractivity (Wildman–Crippen MR) is 70.4 cm³/mol. The molecular formula is C14H23FN2. The maximum atomic E-state index is 13.2. The van der Waals surface area contributed by atoms with Crippen LogP contribution in [0.2, 0.25) is 0 Å². The molecule has 0 heterocycles. The average molecular weight is 238 g/mol. The molecule has 0 fully saturated rings. The number of hydrogen-bond donors (Lipinski definition) is 1. The van der Waals surface area contributed by atoms with Crippen LogP contribution in [-0.2, 0) is 6.54 Å². The first-order valence-electron chi connectivity index (χ1n) is 6.03. The standard InChI is InChI=1S/C14H23FN2/c1-11-9-12(5-6-13(11)15)10-17(4)14(2,3)7-8-16/h5-6,9H,7-8,10,16H2,1-4H3. The van der Waals surface area contributed by atoms with E-state index in [9.17, 15) is 4.39 Å². The molecule has 0 saturated carbocycles. The first-order chi connectivity index (χ1) is 7.86. The monoisotopic (exact) mass is 238 g/mol. The first kappa shape index (κ1) is 14.1. The Morgan fingerprint density at radius 1 is 1.35 bits per heavy atom. The highest BCUT2D eigenvalue weighted by atomic mass is 19.1. The summed E-state index contributed by atoms with van der Waals surface area (Å²) in [5.41, 5.74) is 7.52. The summed E-state index contributed by atoms with van der Waals surface area (Å²) in [6, 6.07) is 5.29. The quantitative estimate of drug-likeness (QED) is 0.854. The maximum Gasteiger partial charge on any atom is 0.126 e. The number of hydrogen-bond acceptors (Lipinski definition) is 2. The topological polar surface area (TPSA) is 29.3 Å². The Morgan fingerprint density at radius 3 is 2.53 bits per heavy atom. The van der Waals surface area contributed by atoms with Crippen molar-refractivity contribution in [2.45, 2.75) is 39.3 Å². The van der Waals surface area contributed by atoms with Crippen molar-refractivity contribution in [2.75, 3.05) is 13.6 Å². The summed E-state index contributed by atoms with van der Waals surface area (Å²) in [7, 11) is 2.08. The molecular weight excluding hydrogens is 215 g/mol. The summed E-state index contributed by atoms with van der Waals surface area (Å²) in [6.07, 6.45) is 0.948. The number of benzene rings is 1. The minimum atomic E-state index is -0.141. The second-order valence-corrected chi connectivity index (χ2v) is 5.29. The van der Waals surface area contributed by atoms with E-state index in [0.717, 1.165) is 18.5 Å². The highest BCUT2D eigenvalue weighted by Gasteiger charge is 2.22. The second kappa shape index (κ2) is 5.61. The molecule has 2 nitrogen and oxygen atoms in total. The molecule has 0 spiro atoms. The maximum absolute atomic E-state index is 13.2. The molecule has 0 radical (unpaired) electrons. The zero-order valence-electron chi connectivity index (χ0n) is 11.3. The molecule has 0 amide bonds. The minimum absolute atomic E-state index is 0.0665. The van der Waals surface area contributed by atoms with Gasteiger partial charge in [0.2, 0.25) is 0 Å². The van der Waals surface area contributed by atoms with Gasteiger partial charge in [0, 0.05) is 12.1 Å².